The molecule has 8 nitrogen and oxygen atoms in total. The highest BCUT2D eigenvalue weighted by molar-refractivity contribution is 5.85. The summed E-state index contributed by atoms with van der Waals surface area (Å²) in [5.41, 5.74) is -0.557. The number of carbonyl (C=O) groups is 1. The van der Waals surface area contributed by atoms with Gasteiger partial charge in [0.1, 0.15) is 5.75 Å². The smallest absolute Gasteiger partial charge is 0.354 e. The highest BCUT2D eigenvalue weighted by atomic mass is 16.6. The molecule has 0 unspecified atom stereocenters. The number of aromatic nitrogens is 1. The fraction of sp³-hybridized carbons (Fsp3) is 0. The molecule has 0 aliphatic heterocycles. The fourth-order valence-corrected chi connectivity index (χ4v) is 1.51. The molecule has 1 N–H and O–H groups in total. The van der Waals surface area contributed by atoms with Gasteiger partial charge in [-0.2, -0.15) is 10.2 Å². The van der Waals surface area contributed by atoms with Crippen LogP contribution in [0.3, 0.4) is 0 Å². The minimum Gasteiger partial charge on any atom is -0.477 e. The maximum atomic E-state index is 10.9. The Morgan fingerprint density at radius 3 is 2.76 bits per heavy atom. The third-order valence-electron chi connectivity index (χ3n) is 2.43. The van der Waals surface area contributed by atoms with E-state index in [-0.39, 0.29) is 11.4 Å². The molecule has 2 rings (SSSR count). The van der Waals surface area contributed by atoms with Gasteiger partial charge in [-0.15, -0.1) is 0 Å². The average Bonchev–Trinajstić information content (AvgIpc) is 2.47. The third kappa shape index (κ3) is 3.10. The minimum absolute atomic E-state index is 0.146. The lowest BCUT2D eigenvalue weighted by Gasteiger charge is -2.06. The van der Waals surface area contributed by atoms with Gasteiger partial charge in [-0.1, -0.05) is 6.07 Å². The Morgan fingerprint density at radius 2 is 2.14 bits per heavy atom. The molecule has 0 aliphatic carbocycles. The maximum absolute atomic E-state index is 10.9. The number of hydrogen-bond donors (Lipinski definition) is 1. The van der Waals surface area contributed by atoms with Crippen LogP contribution in [0.1, 0.15) is 16.1 Å². The first kappa shape index (κ1) is 14.0. The summed E-state index contributed by atoms with van der Waals surface area (Å²) in [5.74, 6) is -1.64. The number of carboxylic acids is 1. The van der Waals surface area contributed by atoms with E-state index in [1.54, 1.807) is 0 Å². The van der Waals surface area contributed by atoms with Gasteiger partial charge in [0.2, 0.25) is 0 Å². The molecule has 0 saturated carbocycles. The number of nitrogens with zero attached hydrogens (tertiary/aromatic N) is 3. The van der Waals surface area contributed by atoms with Crippen LogP contribution in [-0.4, -0.2) is 21.0 Å². The van der Waals surface area contributed by atoms with Gasteiger partial charge in [-0.05, 0) is 24.3 Å². The lowest BCUT2D eigenvalue weighted by atomic mass is 10.2. The SMILES string of the molecule is N#Cc1cccc(Oc2nc(C(=O)O)ccc2[N+](=O)[O-])c1. The van der Waals surface area contributed by atoms with E-state index < -0.39 is 22.5 Å². The van der Waals surface area contributed by atoms with E-state index in [1.165, 1.54) is 24.3 Å². The standard InChI is InChI=1S/C13H7N3O5/c14-7-8-2-1-3-9(6-8)21-12-11(16(19)20)5-4-10(15-12)13(17)18/h1-6H,(H,17,18). The Morgan fingerprint density at radius 1 is 1.38 bits per heavy atom. The van der Waals surface area contributed by atoms with Crippen molar-refractivity contribution >= 4 is 11.7 Å². The predicted molar refractivity (Wildman–Crippen MR) is 69.1 cm³/mol. The second-order valence-electron chi connectivity index (χ2n) is 3.82. The van der Waals surface area contributed by atoms with Crippen molar-refractivity contribution < 1.29 is 19.6 Å². The van der Waals surface area contributed by atoms with Gasteiger partial charge in [-0.25, -0.2) is 4.79 Å². The first-order valence-corrected chi connectivity index (χ1v) is 5.58. The normalized spacial score (nSPS) is 9.67. The Hall–Kier alpha value is -3.47. The zero-order valence-corrected chi connectivity index (χ0v) is 10.4. The van der Waals surface area contributed by atoms with Gasteiger partial charge in [0.15, 0.2) is 5.69 Å². The van der Waals surface area contributed by atoms with Gasteiger partial charge in [-0.3, -0.25) is 10.1 Å². The zero-order valence-electron chi connectivity index (χ0n) is 10.4. The lowest BCUT2D eigenvalue weighted by Crippen LogP contribution is -2.03. The van der Waals surface area contributed by atoms with Crippen molar-refractivity contribution in [1.29, 1.82) is 5.26 Å². The number of ether oxygens (including phenoxy) is 1. The van der Waals surface area contributed by atoms with E-state index in [0.29, 0.717) is 5.56 Å². The van der Waals surface area contributed by atoms with E-state index in [2.05, 4.69) is 4.98 Å². The molecule has 0 spiro atoms. The molecule has 0 radical (unpaired) electrons. The quantitative estimate of drug-likeness (QED) is 0.674. The number of carboxylic acid groups (broad SMARTS) is 1. The van der Waals surface area contributed by atoms with Gasteiger partial charge in [0.25, 0.3) is 5.88 Å². The molecular formula is C13H7N3O5. The summed E-state index contributed by atoms with van der Waals surface area (Å²) in [6.45, 7) is 0. The minimum atomic E-state index is -1.33. The number of benzene rings is 1. The van der Waals surface area contributed by atoms with Crippen LogP contribution < -0.4 is 4.74 Å². The summed E-state index contributed by atoms with van der Waals surface area (Å²) in [7, 11) is 0. The molecule has 21 heavy (non-hydrogen) atoms. The molecule has 0 fully saturated rings. The summed E-state index contributed by atoms with van der Waals surface area (Å²) >= 11 is 0. The summed E-state index contributed by atoms with van der Waals surface area (Å²) < 4.78 is 5.24. The Balaban J connectivity index is 2.45. The Kier molecular flexibility index (Phi) is 3.76. The van der Waals surface area contributed by atoms with Crippen LogP contribution in [0.5, 0.6) is 11.6 Å². The van der Waals surface area contributed by atoms with Crippen LogP contribution in [0.2, 0.25) is 0 Å². The Labute approximate surface area is 118 Å². The first-order chi connectivity index (χ1) is 10.0. The van der Waals surface area contributed by atoms with Crippen molar-refractivity contribution in [3.63, 3.8) is 0 Å². The van der Waals surface area contributed by atoms with Crippen molar-refractivity contribution in [3.8, 4) is 17.7 Å². The number of nitriles is 1. The van der Waals surface area contributed by atoms with E-state index in [1.807, 2.05) is 6.07 Å². The fourth-order valence-electron chi connectivity index (χ4n) is 1.51. The van der Waals surface area contributed by atoms with Crippen molar-refractivity contribution in [3.05, 3.63) is 57.8 Å². The molecule has 0 amide bonds. The van der Waals surface area contributed by atoms with Crippen molar-refractivity contribution in [1.82, 2.24) is 4.98 Å². The molecule has 0 saturated heterocycles. The molecule has 0 aliphatic rings. The summed E-state index contributed by atoms with van der Waals surface area (Å²) in [6, 6.07) is 9.80. The van der Waals surface area contributed by atoms with Crippen molar-refractivity contribution in [2.45, 2.75) is 0 Å². The van der Waals surface area contributed by atoms with Gasteiger partial charge < -0.3 is 9.84 Å². The van der Waals surface area contributed by atoms with Crippen LogP contribution in [0.15, 0.2) is 36.4 Å². The van der Waals surface area contributed by atoms with Crippen molar-refractivity contribution in [2.24, 2.45) is 0 Å². The zero-order chi connectivity index (χ0) is 15.4. The topological polar surface area (TPSA) is 126 Å². The summed E-state index contributed by atoms with van der Waals surface area (Å²) in [5, 5.41) is 28.5. The number of nitro groups is 1. The first-order valence-electron chi connectivity index (χ1n) is 5.58. The van der Waals surface area contributed by atoms with Gasteiger partial charge >= 0.3 is 11.7 Å². The number of aromatic carboxylic acids is 1. The van der Waals surface area contributed by atoms with E-state index in [4.69, 9.17) is 15.1 Å². The van der Waals surface area contributed by atoms with Gasteiger partial charge in [0.05, 0.1) is 16.6 Å². The second kappa shape index (κ2) is 5.66. The highest BCUT2D eigenvalue weighted by Gasteiger charge is 2.20. The van der Waals surface area contributed by atoms with Crippen LogP contribution in [0.4, 0.5) is 5.69 Å². The van der Waals surface area contributed by atoms with Crippen molar-refractivity contribution in [2.75, 3.05) is 0 Å². The molecule has 104 valence electrons. The molecule has 8 heteroatoms. The number of rotatable bonds is 4. The van der Waals surface area contributed by atoms with Crippen LogP contribution >= 0.6 is 0 Å². The average molecular weight is 285 g/mol. The molecule has 1 aromatic carbocycles. The largest absolute Gasteiger partial charge is 0.477 e. The number of pyridine rings is 1. The molecule has 1 aromatic heterocycles. The van der Waals surface area contributed by atoms with E-state index in [9.17, 15) is 14.9 Å². The Bertz CT molecular complexity index is 767. The highest BCUT2D eigenvalue weighted by Crippen LogP contribution is 2.29. The van der Waals surface area contributed by atoms with Crippen LogP contribution in [0, 0.1) is 21.4 Å². The van der Waals surface area contributed by atoms with E-state index >= 15 is 0 Å². The van der Waals surface area contributed by atoms with Gasteiger partial charge in [0, 0.05) is 6.07 Å². The second-order valence-corrected chi connectivity index (χ2v) is 3.82. The summed E-state index contributed by atoms with van der Waals surface area (Å²) in [6.07, 6.45) is 0. The number of hydrogen-bond acceptors (Lipinski definition) is 6. The monoisotopic (exact) mass is 285 g/mol. The third-order valence-corrected chi connectivity index (χ3v) is 2.43. The predicted octanol–water partition coefficient (Wildman–Crippen LogP) is 2.35. The van der Waals surface area contributed by atoms with E-state index in [0.717, 1.165) is 12.1 Å². The molecule has 1 heterocycles. The van der Waals surface area contributed by atoms with Crippen LogP contribution in [0.25, 0.3) is 0 Å². The summed E-state index contributed by atoms with van der Waals surface area (Å²) in [4.78, 5) is 24.6. The lowest BCUT2D eigenvalue weighted by molar-refractivity contribution is -0.386. The van der Waals surface area contributed by atoms with Crippen LogP contribution in [-0.2, 0) is 0 Å². The molecular weight excluding hydrogens is 278 g/mol. The molecule has 0 atom stereocenters. The molecule has 2 aromatic rings. The molecule has 0 bridgehead atoms. The maximum Gasteiger partial charge on any atom is 0.354 e.